The first-order chi connectivity index (χ1) is 16.1. The molecule has 1 nitrogen and oxygen atoms in total. The number of fused-ring (bicyclic) bond motifs is 1. The molecule has 0 aromatic heterocycles. The van der Waals surface area contributed by atoms with E-state index in [1.165, 1.54) is 64.2 Å². The Bertz CT molecular complexity index is 892. The first kappa shape index (κ1) is 24.5. The van der Waals surface area contributed by atoms with Gasteiger partial charge in [-0.2, -0.15) is 0 Å². The van der Waals surface area contributed by atoms with Gasteiger partial charge < -0.3 is 4.74 Å². The Morgan fingerprint density at radius 3 is 1.97 bits per heavy atom. The highest BCUT2D eigenvalue weighted by atomic mass is 19.2. The fourth-order valence-corrected chi connectivity index (χ4v) is 6.48. The van der Waals surface area contributed by atoms with Crippen molar-refractivity contribution in [2.75, 3.05) is 7.11 Å². The Hall–Kier alpha value is -1.64. The number of methoxy groups -OCH3 is 1. The molecule has 33 heavy (non-hydrogen) atoms. The Morgan fingerprint density at radius 1 is 0.758 bits per heavy atom. The molecule has 3 heteroatoms. The first-order valence-electron chi connectivity index (χ1n) is 13.5. The Balaban J connectivity index is 1.26. The first-order valence-corrected chi connectivity index (χ1v) is 13.5. The molecule has 0 atom stereocenters. The lowest BCUT2D eigenvalue weighted by molar-refractivity contribution is 0.221. The molecule has 0 N–H and O–H groups in total. The fourth-order valence-electron chi connectivity index (χ4n) is 6.48. The van der Waals surface area contributed by atoms with Crippen LogP contribution in [0.2, 0.25) is 0 Å². The lowest BCUT2D eigenvalue weighted by atomic mass is 9.73. The second kappa shape index (κ2) is 11.7. The van der Waals surface area contributed by atoms with Crippen LogP contribution in [0.5, 0.6) is 5.75 Å². The summed E-state index contributed by atoms with van der Waals surface area (Å²) in [4.78, 5) is 0. The number of hydrogen-bond donors (Lipinski definition) is 0. The van der Waals surface area contributed by atoms with Crippen LogP contribution in [-0.2, 0) is 0 Å². The van der Waals surface area contributed by atoms with Crippen molar-refractivity contribution in [1.29, 1.82) is 0 Å². The van der Waals surface area contributed by atoms with E-state index in [9.17, 15) is 8.78 Å². The third-order valence-electron chi connectivity index (χ3n) is 8.71. The maximum Gasteiger partial charge on any atom is 0.167 e. The number of benzene rings is 2. The van der Waals surface area contributed by atoms with Crippen molar-refractivity contribution in [3.8, 4) is 5.75 Å². The molecule has 0 spiro atoms. The molecule has 2 aliphatic carbocycles. The molecule has 0 unspecified atom stereocenters. The standard InChI is InChI=1S/C30H42F2O/c1-3-4-5-6-21-7-9-22(10-8-21)11-12-23-13-15-24(16-14-23)27-19-25-17-18-26(33-2)20-28(25)30(32)29(27)31/h17-24H,3-16H2,1-2H3. The molecule has 4 rings (SSSR count). The predicted octanol–water partition coefficient (Wildman–Crippen LogP) is 9.57. The maximum atomic E-state index is 15.0. The van der Waals surface area contributed by atoms with Gasteiger partial charge in [0.2, 0.25) is 0 Å². The molecular formula is C30H42F2O. The van der Waals surface area contributed by atoms with Gasteiger partial charge in [0, 0.05) is 5.39 Å². The summed E-state index contributed by atoms with van der Waals surface area (Å²) in [7, 11) is 1.54. The van der Waals surface area contributed by atoms with E-state index in [4.69, 9.17) is 4.74 Å². The van der Waals surface area contributed by atoms with Crippen molar-refractivity contribution in [2.45, 2.75) is 103 Å². The van der Waals surface area contributed by atoms with Crippen LogP contribution < -0.4 is 4.74 Å². The summed E-state index contributed by atoms with van der Waals surface area (Å²) in [5.74, 6) is 1.99. The van der Waals surface area contributed by atoms with Gasteiger partial charge in [0.05, 0.1) is 7.11 Å². The smallest absolute Gasteiger partial charge is 0.167 e. The van der Waals surface area contributed by atoms with Crippen molar-refractivity contribution < 1.29 is 13.5 Å². The van der Waals surface area contributed by atoms with Crippen LogP contribution in [0.1, 0.15) is 108 Å². The highest BCUT2D eigenvalue weighted by Crippen LogP contribution is 2.42. The molecule has 2 aliphatic rings. The van der Waals surface area contributed by atoms with Gasteiger partial charge in [-0.05, 0) is 78.5 Å². The van der Waals surface area contributed by atoms with Gasteiger partial charge in [0.25, 0.3) is 0 Å². The van der Waals surface area contributed by atoms with Crippen LogP contribution >= 0.6 is 0 Å². The quantitative estimate of drug-likeness (QED) is 0.341. The zero-order chi connectivity index (χ0) is 23.2. The van der Waals surface area contributed by atoms with Crippen LogP contribution in [0.25, 0.3) is 10.8 Å². The van der Waals surface area contributed by atoms with Gasteiger partial charge >= 0.3 is 0 Å². The van der Waals surface area contributed by atoms with Gasteiger partial charge in [-0.25, -0.2) is 8.78 Å². The average Bonchev–Trinajstić information content (AvgIpc) is 2.86. The second-order valence-corrected chi connectivity index (χ2v) is 10.9. The highest BCUT2D eigenvalue weighted by Gasteiger charge is 2.28. The number of ether oxygens (including phenoxy) is 1. The van der Waals surface area contributed by atoms with Crippen LogP contribution in [0, 0.1) is 29.4 Å². The van der Waals surface area contributed by atoms with E-state index in [1.54, 1.807) is 13.2 Å². The molecule has 182 valence electrons. The molecule has 2 aromatic rings. The summed E-state index contributed by atoms with van der Waals surface area (Å²) in [6.07, 6.45) is 18.3. The Kier molecular flexibility index (Phi) is 8.66. The van der Waals surface area contributed by atoms with Crippen molar-refractivity contribution >= 4 is 10.8 Å². The van der Waals surface area contributed by atoms with Crippen LogP contribution in [0.4, 0.5) is 8.78 Å². The largest absolute Gasteiger partial charge is 0.497 e. The zero-order valence-corrected chi connectivity index (χ0v) is 20.7. The second-order valence-electron chi connectivity index (χ2n) is 10.9. The van der Waals surface area contributed by atoms with E-state index >= 15 is 0 Å². The molecule has 0 amide bonds. The molecule has 2 saturated carbocycles. The molecule has 0 saturated heterocycles. The Labute approximate surface area is 199 Å². The third kappa shape index (κ3) is 6.08. The summed E-state index contributed by atoms with van der Waals surface area (Å²) >= 11 is 0. The molecular weight excluding hydrogens is 414 g/mol. The minimum Gasteiger partial charge on any atom is -0.497 e. The molecule has 2 fully saturated rings. The van der Waals surface area contributed by atoms with Gasteiger partial charge in [0.15, 0.2) is 11.6 Å². The minimum absolute atomic E-state index is 0.140. The van der Waals surface area contributed by atoms with E-state index in [0.717, 1.165) is 48.8 Å². The van der Waals surface area contributed by atoms with Crippen molar-refractivity contribution in [2.24, 2.45) is 17.8 Å². The number of unbranched alkanes of at least 4 members (excludes halogenated alkanes) is 2. The van der Waals surface area contributed by atoms with E-state index < -0.39 is 11.6 Å². The third-order valence-corrected chi connectivity index (χ3v) is 8.71. The van der Waals surface area contributed by atoms with E-state index in [1.807, 2.05) is 18.2 Å². The fraction of sp³-hybridized carbons (Fsp3) is 0.667. The van der Waals surface area contributed by atoms with Crippen LogP contribution in [0.15, 0.2) is 24.3 Å². The number of rotatable bonds is 9. The SMILES string of the molecule is CCCCCC1CCC(CCC2CCC(c3cc4ccc(OC)cc4c(F)c3F)CC2)CC1. The van der Waals surface area contributed by atoms with Gasteiger partial charge in [-0.1, -0.05) is 77.2 Å². The summed E-state index contributed by atoms with van der Waals surface area (Å²) in [5.41, 5.74) is 0.574. The minimum atomic E-state index is -0.728. The van der Waals surface area contributed by atoms with Crippen molar-refractivity contribution in [3.63, 3.8) is 0 Å². The molecule has 2 aromatic carbocycles. The average molecular weight is 457 g/mol. The molecule has 0 bridgehead atoms. The van der Waals surface area contributed by atoms with Crippen molar-refractivity contribution in [1.82, 2.24) is 0 Å². The number of halogens is 2. The van der Waals surface area contributed by atoms with Crippen molar-refractivity contribution in [3.05, 3.63) is 41.5 Å². The molecule has 0 heterocycles. The Morgan fingerprint density at radius 2 is 1.36 bits per heavy atom. The monoisotopic (exact) mass is 456 g/mol. The van der Waals surface area contributed by atoms with Crippen LogP contribution in [0.3, 0.4) is 0 Å². The summed E-state index contributed by atoms with van der Waals surface area (Å²) < 4.78 is 34.9. The summed E-state index contributed by atoms with van der Waals surface area (Å²) in [5, 5.41) is 1.07. The van der Waals surface area contributed by atoms with E-state index in [2.05, 4.69) is 6.92 Å². The molecule has 0 radical (unpaired) electrons. The zero-order valence-electron chi connectivity index (χ0n) is 20.7. The molecule has 0 aliphatic heterocycles. The maximum absolute atomic E-state index is 15.0. The topological polar surface area (TPSA) is 9.23 Å². The lowest BCUT2D eigenvalue weighted by Crippen LogP contribution is -2.18. The van der Waals surface area contributed by atoms with Crippen LogP contribution in [-0.4, -0.2) is 7.11 Å². The highest BCUT2D eigenvalue weighted by molar-refractivity contribution is 5.85. The van der Waals surface area contributed by atoms with Gasteiger partial charge in [0.1, 0.15) is 5.75 Å². The summed E-state index contributed by atoms with van der Waals surface area (Å²) in [6.45, 7) is 2.29. The lowest BCUT2D eigenvalue weighted by Gasteiger charge is -2.32. The predicted molar refractivity (Wildman–Crippen MR) is 134 cm³/mol. The normalized spacial score (nSPS) is 25.9. The van der Waals surface area contributed by atoms with Gasteiger partial charge in [-0.15, -0.1) is 0 Å². The number of hydrogen-bond acceptors (Lipinski definition) is 1. The van der Waals surface area contributed by atoms with E-state index in [0.29, 0.717) is 16.7 Å². The van der Waals surface area contributed by atoms with Gasteiger partial charge in [-0.3, -0.25) is 0 Å². The van der Waals surface area contributed by atoms with E-state index in [-0.39, 0.29) is 5.92 Å². The summed E-state index contributed by atoms with van der Waals surface area (Å²) in [6, 6.07) is 7.12.